The maximum absolute atomic E-state index is 5.28. The monoisotopic (exact) mass is 1400 g/mol. The molecule has 0 atom stereocenters. The highest BCUT2D eigenvalue weighted by atomic mass is 15.0. The first kappa shape index (κ1) is 66.8. The van der Waals surface area contributed by atoms with E-state index in [0.717, 1.165) is 167 Å². The molecule has 109 heavy (non-hydrogen) atoms. The van der Waals surface area contributed by atoms with Gasteiger partial charge in [0.1, 0.15) is 0 Å². The number of hydrogen-bond acceptors (Lipinski definition) is 8. The Labute approximate surface area is 633 Å². The van der Waals surface area contributed by atoms with Crippen molar-refractivity contribution in [2.75, 3.05) is 0 Å². The van der Waals surface area contributed by atoms with Crippen LogP contribution in [0.3, 0.4) is 0 Å². The minimum Gasteiger partial charge on any atom is -0.251 e. The third-order valence-corrected chi connectivity index (χ3v) is 20.4. The van der Waals surface area contributed by atoms with E-state index >= 15 is 0 Å². The van der Waals surface area contributed by atoms with E-state index in [4.69, 9.17) is 39.9 Å². The van der Waals surface area contributed by atoms with Crippen molar-refractivity contribution in [3.05, 3.63) is 375 Å². The number of aromatic nitrogens is 8. The molecule has 0 unspecified atom stereocenters. The molecule has 0 aliphatic heterocycles. The molecule has 6 heterocycles. The van der Waals surface area contributed by atoms with Gasteiger partial charge in [0.2, 0.25) is 0 Å². The second kappa shape index (κ2) is 28.8. The van der Waals surface area contributed by atoms with E-state index in [1.165, 1.54) is 16.3 Å². The Morgan fingerprint density at radius 3 is 1.14 bits per heavy atom. The highest BCUT2D eigenvalue weighted by Gasteiger charge is 2.22. The quantitative estimate of drug-likeness (QED) is 0.111. The third kappa shape index (κ3) is 13.7. The fraction of sp³-hybridized carbons (Fsp3) is 0.0495. The van der Waals surface area contributed by atoms with Crippen molar-refractivity contribution in [2.45, 2.75) is 33.1 Å². The largest absolute Gasteiger partial charge is 0.251 e. The summed E-state index contributed by atoms with van der Waals surface area (Å²) in [6, 6.07) is 127. The van der Waals surface area contributed by atoms with Crippen molar-refractivity contribution in [1.82, 2.24) is 39.9 Å². The van der Waals surface area contributed by atoms with E-state index in [0.29, 0.717) is 17.5 Å². The summed E-state index contributed by atoms with van der Waals surface area (Å²) in [6.45, 7) is 8.73. The smallest absolute Gasteiger partial charge is 0.164 e. The van der Waals surface area contributed by atoms with Gasteiger partial charge in [-0.25, -0.2) is 34.9 Å². The Kier molecular flexibility index (Phi) is 17.6. The predicted octanol–water partition coefficient (Wildman–Crippen LogP) is 25.9. The van der Waals surface area contributed by atoms with Gasteiger partial charge < -0.3 is 0 Å². The predicted molar refractivity (Wildman–Crippen MR) is 451 cm³/mol. The van der Waals surface area contributed by atoms with Crippen molar-refractivity contribution in [1.29, 1.82) is 0 Å². The van der Waals surface area contributed by atoms with Gasteiger partial charge in [-0.2, -0.15) is 0 Å². The molecule has 0 bridgehead atoms. The molecule has 0 N–H and O–H groups in total. The van der Waals surface area contributed by atoms with Gasteiger partial charge in [-0.1, -0.05) is 342 Å². The minimum absolute atomic E-state index is 0.144. The zero-order valence-corrected chi connectivity index (χ0v) is 60.7. The lowest BCUT2D eigenvalue weighted by atomic mass is 9.88. The summed E-state index contributed by atoms with van der Waals surface area (Å²) in [5.41, 5.74) is 28.0. The molecule has 13 aromatic carbocycles. The van der Waals surface area contributed by atoms with Crippen LogP contribution in [0.4, 0.5) is 0 Å². The molecular formula is C101H72N8. The molecule has 0 aliphatic rings. The zero-order chi connectivity index (χ0) is 73.4. The number of benzene rings is 13. The number of fused-ring (bicyclic) bond motifs is 7. The fourth-order valence-corrected chi connectivity index (χ4v) is 14.6. The lowest BCUT2D eigenvalue weighted by molar-refractivity contribution is 0.572. The Morgan fingerprint density at radius 2 is 0.578 bits per heavy atom. The standard InChI is InChI=1S/C51H39N3.C50H33N5/c1-51(2,3)48-33-44(43-28-26-39-27-29-45(37-16-9-5-10-17-37)53-49(39)50(43)54-48)36-24-22-35(23-25-36)40-20-13-21-41(30-40)47-32-42(34-14-7-4-8-15-34)31-46(52-47)38-18-11-6-12-19-38;1-32-31-44(43-29-27-37-28-30-45(52-46(37)47(43)51-32)42-18-10-16-35-11-8-9-17-41(35)42)36-23-19-33(20-24-36)34-21-25-40(26-22-34)50-54-48(38-12-4-2-5-13-38)53-49(55-50)39-14-6-3-7-15-39/h4-33H,1-3H3;2-31H,1H3. The van der Waals surface area contributed by atoms with Crippen LogP contribution in [0.1, 0.15) is 32.2 Å². The molecule has 0 saturated heterocycles. The van der Waals surface area contributed by atoms with E-state index in [9.17, 15) is 0 Å². The first-order valence-electron chi connectivity index (χ1n) is 36.9. The minimum atomic E-state index is -0.144. The second-order valence-electron chi connectivity index (χ2n) is 28.7. The average molecular weight is 1400 g/mol. The summed E-state index contributed by atoms with van der Waals surface area (Å²) in [4.78, 5) is 40.6. The van der Waals surface area contributed by atoms with Crippen molar-refractivity contribution in [3.63, 3.8) is 0 Å². The molecular weight excluding hydrogens is 1330 g/mol. The fourth-order valence-electron chi connectivity index (χ4n) is 14.6. The lowest BCUT2D eigenvalue weighted by Gasteiger charge is -2.21. The molecule has 0 fully saturated rings. The highest BCUT2D eigenvalue weighted by molar-refractivity contribution is 6.11. The molecule has 0 saturated carbocycles. The van der Waals surface area contributed by atoms with Gasteiger partial charge in [0.25, 0.3) is 0 Å². The van der Waals surface area contributed by atoms with E-state index in [2.05, 4.69) is 319 Å². The van der Waals surface area contributed by atoms with Gasteiger partial charge in [0.15, 0.2) is 17.5 Å². The molecule has 8 nitrogen and oxygen atoms in total. The van der Waals surface area contributed by atoms with Crippen molar-refractivity contribution >= 4 is 54.4 Å². The van der Waals surface area contributed by atoms with E-state index < -0.39 is 0 Å². The molecule has 516 valence electrons. The van der Waals surface area contributed by atoms with Gasteiger partial charge in [-0.3, -0.25) is 4.98 Å². The number of hydrogen-bond donors (Lipinski definition) is 0. The summed E-state index contributed by atoms with van der Waals surface area (Å²) in [7, 11) is 0. The topological polar surface area (TPSA) is 103 Å². The summed E-state index contributed by atoms with van der Waals surface area (Å²) in [5.74, 6) is 1.94. The molecule has 19 aromatic rings. The van der Waals surface area contributed by atoms with Crippen LogP contribution < -0.4 is 0 Å². The second-order valence-corrected chi connectivity index (χ2v) is 28.7. The summed E-state index contributed by atoms with van der Waals surface area (Å²) < 4.78 is 0. The maximum Gasteiger partial charge on any atom is 0.164 e. The molecule has 19 rings (SSSR count). The Morgan fingerprint density at radius 1 is 0.193 bits per heavy atom. The van der Waals surface area contributed by atoms with E-state index in [1.807, 2.05) is 72.8 Å². The van der Waals surface area contributed by atoms with Crippen LogP contribution in [-0.2, 0) is 5.41 Å². The molecule has 6 aromatic heterocycles. The van der Waals surface area contributed by atoms with Gasteiger partial charge >= 0.3 is 0 Å². The Hall–Kier alpha value is -14.1. The number of rotatable bonds is 12. The third-order valence-electron chi connectivity index (χ3n) is 20.4. The van der Waals surface area contributed by atoms with E-state index in [-0.39, 0.29) is 5.41 Å². The zero-order valence-electron chi connectivity index (χ0n) is 60.7. The van der Waals surface area contributed by atoms with Crippen molar-refractivity contribution < 1.29 is 0 Å². The summed E-state index contributed by atoms with van der Waals surface area (Å²) in [6.07, 6.45) is 0. The van der Waals surface area contributed by atoms with Crippen LogP contribution in [-0.4, -0.2) is 39.9 Å². The van der Waals surface area contributed by atoms with Crippen LogP contribution in [0.25, 0.3) is 189 Å². The van der Waals surface area contributed by atoms with Gasteiger partial charge in [-0.15, -0.1) is 0 Å². The van der Waals surface area contributed by atoms with Gasteiger partial charge in [0, 0.05) is 77.3 Å². The first-order valence-corrected chi connectivity index (χ1v) is 36.9. The Bertz CT molecular complexity index is 6470. The van der Waals surface area contributed by atoms with Crippen LogP contribution in [0.15, 0.2) is 364 Å². The normalized spacial score (nSPS) is 11.5. The molecule has 8 heteroatoms. The number of nitrogens with zero attached hydrogens (tertiary/aromatic N) is 8. The SMILES string of the molecule is CC(C)(C)c1cc(-c2ccc(-c3cccc(-c4cc(-c5ccccc5)cc(-c5ccccc5)n4)c3)cc2)c2ccc3ccc(-c4ccccc4)nc3c2n1.Cc1cc(-c2ccc(-c3ccc(-c4nc(-c5ccccc5)nc(-c5ccccc5)n4)cc3)cc2)c2ccc3ccc(-c4cccc5ccccc45)nc3c2n1. The molecule has 0 radical (unpaired) electrons. The average Bonchev–Trinajstić information content (AvgIpc) is 0.752. The van der Waals surface area contributed by atoms with Gasteiger partial charge in [-0.05, 0) is 116 Å². The Balaban J connectivity index is 0.000000153. The molecule has 0 aliphatic carbocycles. The van der Waals surface area contributed by atoms with Crippen molar-refractivity contribution in [2.24, 2.45) is 0 Å². The highest BCUT2D eigenvalue weighted by Crippen LogP contribution is 2.41. The number of aryl methyl sites for hydroxylation is 1. The van der Waals surface area contributed by atoms with Crippen molar-refractivity contribution in [3.8, 4) is 135 Å². The van der Waals surface area contributed by atoms with Crippen LogP contribution in [0.2, 0.25) is 0 Å². The first-order chi connectivity index (χ1) is 53.5. The van der Waals surface area contributed by atoms with Crippen LogP contribution in [0.5, 0.6) is 0 Å². The molecule has 0 spiro atoms. The summed E-state index contributed by atoms with van der Waals surface area (Å²) >= 11 is 0. The van der Waals surface area contributed by atoms with Crippen LogP contribution >= 0.6 is 0 Å². The molecule has 0 amide bonds. The lowest BCUT2D eigenvalue weighted by Crippen LogP contribution is -2.14. The summed E-state index contributed by atoms with van der Waals surface area (Å²) in [5, 5.41) is 6.73. The van der Waals surface area contributed by atoms with E-state index in [1.54, 1.807) is 0 Å². The number of pyridine rings is 5. The maximum atomic E-state index is 5.28. The van der Waals surface area contributed by atoms with Crippen LogP contribution in [0, 0.1) is 6.92 Å². The van der Waals surface area contributed by atoms with Gasteiger partial charge in [0.05, 0.1) is 44.8 Å².